The van der Waals surface area contributed by atoms with E-state index >= 15 is 0 Å². The van der Waals surface area contributed by atoms with Crippen LogP contribution in [0.1, 0.15) is 24.6 Å². The number of piperidine rings is 1. The van der Waals surface area contributed by atoms with Gasteiger partial charge in [-0.05, 0) is 43.2 Å². The topological polar surface area (TPSA) is 63.0 Å². The van der Waals surface area contributed by atoms with E-state index in [1.54, 1.807) is 36.7 Å². The van der Waals surface area contributed by atoms with Gasteiger partial charge in [-0.3, -0.25) is 0 Å². The molecule has 4 rings (SSSR count). The molecule has 1 atom stereocenters. The lowest BCUT2D eigenvalue weighted by molar-refractivity contribution is 0.153. The van der Waals surface area contributed by atoms with Gasteiger partial charge in [-0.15, -0.1) is 0 Å². The van der Waals surface area contributed by atoms with Crippen molar-refractivity contribution >= 4 is 11.7 Å². The Morgan fingerprint density at radius 3 is 2.86 bits per heavy atom. The van der Waals surface area contributed by atoms with Crippen LogP contribution in [0.3, 0.4) is 0 Å². The highest BCUT2D eigenvalue weighted by Crippen LogP contribution is 2.31. The molecule has 1 saturated heterocycles. The van der Waals surface area contributed by atoms with Gasteiger partial charge in [0.1, 0.15) is 11.6 Å². The number of urea groups is 1. The predicted octanol–water partition coefficient (Wildman–Crippen LogP) is 3.41. The largest absolute Gasteiger partial charge is 0.496 e. The van der Waals surface area contributed by atoms with Crippen molar-refractivity contribution in [1.82, 2.24) is 24.4 Å². The van der Waals surface area contributed by atoms with Gasteiger partial charge in [0.05, 0.1) is 7.11 Å². The normalized spacial score (nSPS) is 16.8. The van der Waals surface area contributed by atoms with Crippen LogP contribution in [-0.2, 0) is 0 Å². The van der Waals surface area contributed by atoms with Gasteiger partial charge in [-0.25, -0.2) is 18.7 Å². The molecular formula is C21H24FN5O2. The van der Waals surface area contributed by atoms with Crippen molar-refractivity contribution in [2.75, 3.05) is 34.3 Å². The molecular weight excluding hydrogens is 373 g/mol. The van der Waals surface area contributed by atoms with Gasteiger partial charge in [0.2, 0.25) is 0 Å². The standard InChI is InChI=1S/C21H24FN5O2/c1-25(2)21(28)26-10-4-5-15(12-26)20-23-19-9-6-14(13-27(19)24-20)17-11-16(22)7-8-18(17)29-3/h6-9,11,13,15H,4-5,10,12H2,1-3H3/t15-/m1/s1. The summed E-state index contributed by atoms with van der Waals surface area (Å²) in [6.45, 7) is 1.36. The molecule has 1 fully saturated rings. The minimum absolute atomic E-state index is 0.0129. The van der Waals surface area contributed by atoms with Crippen molar-refractivity contribution in [3.8, 4) is 16.9 Å². The van der Waals surface area contributed by atoms with Crippen LogP contribution >= 0.6 is 0 Å². The van der Waals surface area contributed by atoms with Gasteiger partial charge in [-0.2, -0.15) is 5.10 Å². The summed E-state index contributed by atoms with van der Waals surface area (Å²) in [5.74, 6) is 1.09. The fourth-order valence-corrected chi connectivity index (χ4v) is 3.78. The molecule has 0 saturated carbocycles. The average molecular weight is 397 g/mol. The molecule has 0 radical (unpaired) electrons. The molecule has 2 amide bonds. The minimum atomic E-state index is -0.326. The molecule has 0 N–H and O–H groups in total. The third-order valence-electron chi connectivity index (χ3n) is 5.26. The zero-order chi connectivity index (χ0) is 20.5. The lowest BCUT2D eigenvalue weighted by Crippen LogP contribution is -2.44. The third-order valence-corrected chi connectivity index (χ3v) is 5.26. The van der Waals surface area contributed by atoms with Crippen LogP contribution in [0.5, 0.6) is 5.75 Å². The van der Waals surface area contributed by atoms with Gasteiger partial charge >= 0.3 is 6.03 Å². The highest BCUT2D eigenvalue weighted by molar-refractivity contribution is 5.74. The molecule has 29 heavy (non-hydrogen) atoms. The zero-order valence-electron chi connectivity index (χ0n) is 16.8. The van der Waals surface area contributed by atoms with Crippen LogP contribution in [-0.4, -0.2) is 64.7 Å². The first kappa shape index (κ1) is 19.2. The van der Waals surface area contributed by atoms with Crippen LogP contribution in [0, 0.1) is 5.82 Å². The highest BCUT2D eigenvalue weighted by Gasteiger charge is 2.28. The Labute approximate surface area is 168 Å². The lowest BCUT2D eigenvalue weighted by atomic mass is 9.98. The van der Waals surface area contributed by atoms with E-state index in [-0.39, 0.29) is 17.8 Å². The summed E-state index contributed by atoms with van der Waals surface area (Å²) in [4.78, 5) is 20.4. The number of halogens is 1. The maximum absolute atomic E-state index is 13.8. The van der Waals surface area contributed by atoms with Gasteiger partial charge in [0.25, 0.3) is 0 Å². The number of pyridine rings is 1. The van der Waals surface area contributed by atoms with Crippen molar-refractivity contribution in [2.24, 2.45) is 0 Å². The molecule has 7 nitrogen and oxygen atoms in total. The number of aromatic nitrogens is 3. The third kappa shape index (κ3) is 3.74. The van der Waals surface area contributed by atoms with E-state index in [0.717, 1.165) is 36.4 Å². The van der Waals surface area contributed by atoms with Gasteiger partial charge < -0.3 is 14.5 Å². The Bertz CT molecular complexity index is 1050. The second-order valence-corrected chi connectivity index (χ2v) is 7.50. The summed E-state index contributed by atoms with van der Waals surface area (Å²) in [6.07, 6.45) is 3.69. The van der Waals surface area contributed by atoms with E-state index in [1.165, 1.54) is 12.1 Å². The number of nitrogens with zero attached hydrogens (tertiary/aromatic N) is 5. The van der Waals surface area contributed by atoms with Gasteiger partial charge in [0.15, 0.2) is 11.5 Å². The summed E-state index contributed by atoms with van der Waals surface area (Å²) < 4.78 is 20.8. The molecule has 0 spiro atoms. The van der Waals surface area contributed by atoms with Crippen LogP contribution in [0.15, 0.2) is 36.5 Å². The van der Waals surface area contributed by atoms with E-state index in [4.69, 9.17) is 4.74 Å². The van der Waals surface area contributed by atoms with E-state index in [2.05, 4.69) is 10.1 Å². The minimum Gasteiger partial charge on any atom is -0.496 e. The average Bonchev–Trinajstić information content (AvgIpc) is 3.16. The number of benzene rings is 1. The number of rotatable bonds is 3. The van der Waals surface area contributed by atoms with Crippen molar-refractivity contribution in [3.63, 3.8) is 0 Å². The summed E-state index contributed by atoms with van der Waals surface area (Å²) in [6, 6.07) is 8.19. The Balaban J connectivity index is 1.64. The number of amides is 2. The number of fused-ring (bicyclic) bond motifs is 1. The highest BCUT2D eigenvalue weighted by atomic mass is 19.1. The van der Waals surface area contributed by atoms with Crippen molar-refractivity contribution in [3.05, 3.63) is 48.2 Å². The van der Waals surface area contributed by atoms with Crippen LogP contribution in [0.4, 0.5) is 9.18 Å². The molecule has 3 heterocycles. The number of methoxy groups -OCH3 is 1. The second-order valence-electron chi connectivity index (χ2n) is 7.50. The van der Waals surface area contributed by atoms with E-state index in [9.17, 15) is 9.18 Å². The van der Waals surface area contributed by atoms with Gasteiger partial charge in [-0.1, -0.05) is 0 Å². The second kappa shape index (κ2) is 7.69. The van der Waals surface area contributed by atoms with Crippen LogP contribution < -0.4 is 4.74 Å². The maximum Gasteiger partial charge on any atom is 0.319 e. The molecule has 1 aromatic carbocycles. The summed E-state index contributed by atoms with van der Waals surface area (Å²) in [5, 5.41) is 4.66. The van der Waals surface area contributed by atoms with Crippen LogP contribution in [0.2, 0.25) is 0 Å². The number of hydrogen-bond acceptors (Lipinski definition) is 4. The number of hydrogen-bond donors (Lipinski definition) is 0. The smallest absolute Gasteiger partial charge is 0.319 e. The maximum atomic E-state index is 13.8. The number of ether oxygens (including phenoxy) is 1. The van der Waals surface area contributed by atoms with Crippen molar-refractivity contribution in [1.29, 1.82) is 0 Å². The molecule has 0 bridgehead atoms. The Morgan fingerprint density at radius 2 is 2.10 bits per heavy atom. The Hall–Kier alpha value is -3.16. The summed E-state index contributed by atoms with van der Waals surface area (Å²) in [5.41, 5.74) is 2.17. The summed E-state index contributed by atoms with van der Waals surface area (Å²) in [7, 11) is 5.08. The predicted molar refractivity (Wildman–Crippen MR) is 108 cm³/mol. The van der Waals surface area contributed by atoms with E-state index in [0.29, 0.717) is 17.9 Å². The monoisotopic (exact) mass is 397 g/mol. The molecule has 152 valence electrons. The molecule has 0 unspecified atom stereocenters. The number of carbonyl (C=O) groups is 1. The van der Waals surface area contributed by atoms with E-state index < -0.39 is 0 Å². The Kier molecular flexibility index (Phi) is 5.08. The molecule has 2 aromatic heterocycles. The molecule has 1 aliphatic heterocycles. The molecule has 1 aliphatic rings. The SMILES string of the molecule is COc1ccc(F)cc1-c1ccc2nc([C@@H]3CCCN(C(=O)N(C)C)C3)nn2c1. The van der Waals surface area contributed by atoms with Crippen LogP contribution in [0.25, 0.3) is 16.8 Å². The number of carbonyl (C=O) groups excluding carboxylic acids is 1. The zero-order valence-corrected chi connectivity index (χ0v) is 16.8. The summed E-state index contributed by atoms with van der Waals surface area (Å²) >= 11 is 0. The quantitative estimate of drug-likeness (QED) is 0.680. The van der Waals surface area contributed by atoms with Crippen molar-refractivity contribution in [2.45, 2.75) is 18.8 Å². The first-order chi connectivity index (χ1) is 14.0. The molecule has 8 heteroatoms. The van der Waals surface area contributed by atoms with Gasteiger partial charge in [0, 0.05) is 50.4 Å². The first-order valence-electron chi connectivity index (χ1n) is 9.62. The van der Waals surface area contributed by atoms with E-state index in [1.807, 2.05) is 23.2 Å². The first-order valence-corrected chi connectivity index (χ1v) is 9.62. The fourth-order valence-electron chi connectivity index (χ4n) is 3.78. The van der Waals surface area contributed by atoms with Crippen molar-refractivity contribution < 1.29 is 13.9 Å². The molecule has 0 aliphatic carbocycles. The lowest BCUT2D eigenvalue weighted by Gasteiger charge is -2.33. The molecule has 3 aromatic rings. The number of likely N-dealkylation sites (tertiary alicyclic amines) is 1. The Morgan fingerprint density at radius 1 is 1.28 bits per heavy atom. The fraction of sp³-hybridized carbons (Fsp3) is 0.381.